The molecule has 6 heteroatoms. The molecule has 0 unspecified atom stereocenters. The largest absolute Gasteiger partial charge is 0.496 e. The van der Waals surface area contributed by atoms with Crippen molar-refractivity contribution in [3.8, 4) is 28.3 Å². The zero-order valence-electron chi connectivity index (χ0n) is 19.3. The standard InChI is InChI=1S/C28H27N3O3/c1-33-25-11-6-12-26(34-2)27(25)20-13-15-21(16-14-20)31-18-29-17-24(31)28(32)30-23-10-5-8-19-7-3-4-9-22(19)23/h3-4,6-7,9,11-18,23H,5,8,10H2,1-2H3,(H,30,32)/t23-/m1/s1. The maximum atomic E-state index is 13.2. The fourth-order valence-corrected chi connectivity index (χ4v) is 4.73. The molecule has 0 bridgehead atoms. The number of benzene rings is 3. The van der Waals surface area contributed by atoms with E-state index in [4.69, 9.17) is 9.47 Å². The number of rotatable bonds is 6. The second kappa shape index (κ2) is 9.43. The maximum absolute atomic E-state index is 13.2. The van der Waals surface area contributed by atoms with E-state index < -0.39 is 0 Å². The molecule has 1 aromatic heterocycles. The van der Waals surface area contributed by atoms with Crippen molar-refractivity contribution in [2.45, 2.75) is 25.3 Å². The summed E-state index contributed by atoms with van der Waals surface area (Å²) in [5, 5.41) is 3.22. The minimum absolute atomic E-state index is 0.0150. The second-order valence-corrected chi connectivity index (χ2v) is 8.35. The molecule has 0 spiro atoms. The van der Waals surface area contributed by atoms with Crippen LogP contribution in [0.2, 0.25) is 0 Å². The lowest BCUT2D eigenvalue weighted by molar-refractivity contribution is 0.0926. The number of hydrogen-bond donors (Lipinski definition) is 1. The number of amides is 1. The second-order valence-electron chi connectivity index (χ2n) is 8.35. The molecule has 1 aliphatic rings. The topological polar surface area (TPSA) is 65.4 Å². The molecule has 1 N–H and O–H groups in total. The predicted octanol–water partition coefficient (Wildman–Crippen LogP) is 5.36. The Morgan fingerprint density at radius 2 is 1.71 bits per heavy atom. The molecule has 1 heterocycles. The van der Waals surface area contributed by atoms with Gasteiger partial charge in [-0.05, 0) is 60.2 Å². The van der Waals surface area contributed by atoms with Crippen LogP contribution < -0.4 is 14.8 Å². The highest BCUT2D eigenvalue weighted by Gasteiger charge is 2.23. The number of methoxy groups -OCH3 is 2. The minimum Gasteiger partial charge on any atom is -0.496 e. The number of fused-ring (bicyclic) bond motifs is 1. The Morgan fingerprint density at radius 3 is 2.44 bits per heavy atom. The van der Waals surface area contributed by atoms with Crippen LogP contribution in [0, 0.1) is 0 Å². The van der Waals surface area contributed by atoms with Crippen LogP contribution >= 0.6 is 0 Å². The first-order valence-electron chi connectivity index (χ1n) is 11.4. The summed E-state index contributed by atoms with van der Waals surface area (Å²) in [4.78, 5) is 17.5. The molecule has 0 radical (unpaired) electrons. The minimum atomic E-state index is -0.130. The molecule has 6 nitrogen and oxygen atoms in total. The molecule has 0 saturated carbocycles. The Morgan fingerprint density at radius 1 is 0.971 bits per heavy atom. The van der Waals surface area contributed by atoms with Gasteiger partial charge in [0.1, 0.15) is 17.2 Å². The van der Waals surface area contributed by atoms with E-state index in [0.29, 0.717) is 5.69 Å². The van der Waals surface area contributed by atoms with Crippen LogP contribution in [-0.4, -0.2) is 29.7 Å². The lowest BCUT2D eigenvalue weighted by Gasteiger charge is -2.26. The monoisotopic (exact) mass is 453 g/mol. The Kier molecular flexibility index (Phi) is 6.04. The lowest BCUT2D eigenvalue weighted by Crippen LogP contribution is -2.32. The van der Waals surface area contributed by atoms with Crippen molar-refractivity contribution in [3.63, 3.8) is 0 Å². The highest BCUT2D eigenvalue weighted by molar-refractivity contribution is 5.93. The van der Waals surface area contributed by atoms with Crippen molar-refractivity contribution in [2.24, 2.45) is 0 Å². The molecule has 34 heavy (non-hydrogen) atoms. The molecular weight excluding hydrogens is 426 g/mol. The molecule has 1 atom stereocenters. The highest BCUT2D eigenvalue weighted by Crippen LogP contribution is 2.38. The van der Waals surface area contributed by atoms with E-state index in [1.165, 1.54) is 11.1 Å². The fraction of sp³-hybridized carbons (Fsp3) is 0.214. The normalized spacial score (nSPS) is 14.8. The molecule has 4 aromatic rings. The van der Waals surface area contributed by atoms with Crippen molar-refractivity contribution >= 4 is 5.91 Å². The molecule has 0 saturated heterocycles. The first kappa shape index (κ1) is 21.8. The van der Waals surface area contributed by atoms with Crippen LogP contribution in [0.4, 0.5) is 0 Å². The van der Waals surface area contributed by atoms with E-state index in [0.717, 1.165) is 47.6 Å². The zero-order chi connectivity index (χ0) is 23.5. The molecule has 0 fully saturated rings. The fourth-order valence-electron chi connectivity index (χ4n) is 4.73. The Labute approximate surface area is 199 Å². The number of nitrogens with one attached hydrogen (secondary N) is 1. The van der Waals surface area contributed by atoms with E-state index in [1.807, 2.05) is 53.1 Å². The van der Waals surface area contributed by atoms with Crippen molar-refractivity contribution in [2.75, 3.05) is 14.2 Å². The molecule has 172 valence electrons. The number of ether oxygens (including phenoxy) is 2. The van der Waals surface area contributed by atoms with Gasteiger partial charge in [0.25, 0.3) is 5.91 Å². The summed E-state index contributed by atoms with van der Waals surface area (Å²) in [6.07, 6.45) is 6.34. The Bertz CT molecular complexity index is 1290. The van der Waals surface area contributed by atoms with Gasteiger partial charge in [0.2, 0.25) is 0 Å². The van der Waals surface area contributed by atoms with Gasteiger partial charge < -0.3 is 14.8 Å². The van der Waals surface area contributed by atoms with E-state index in [1.54, 1.807) is 26.7 Å². The average molecular weight is 454 g/mol. The zero-order valence-corrected chi connectivity index (χ0v) is 19.3. The van der Waals surface area contributed by atoms with E-state index in [9.17, 15) is 4.79 Å². The average Bonchev–Trinajstić information content (AvgIpc) is 3.39. The van der Waals surface area contributed by atoms with Crippen LogP contribution in [-0.2, 0) is 6.42 Å². The molecule has 1 aliphatic carbocycles. The van der Waals surface area contributed by atoms with Gasteiger partial charge in [-0.3, -0.25) is 9.36 Å². The molecule has 1 amide bonds. The van der Waals surface area contributed by atoms with Crippen molar-refractivity contribution in [1.29, 1.82) is 0 Å². The molecule has 3 aromatic carbocycles. The van der Waals surface area contributed by atoms with Gasteiger partial charge in [-0.25, -0.2) is 4.98 Å². The molecule has 0 aliphatic heterocycles. The number of nitrogens with zero attached hydrogens (tertiary/aromatic N) is 2. The van der Waals surface area contributed by atoms with Crippen LogP contribution in [0.15, 0.2) is 79.3 Å². The first-order chi connectivity index (χ1) is 16.7. The Hall–Kier alpha value is -4.06. The van der Waals surface area contributed by atoms with Gasteiger partial charge in [-0.15, -0.1) is 0 Å². The predicted molar refractivity (Wildman–Crippen MR) is 132 cm³/mol. The van der Waals surface area contributed by atoms with E-state index in [2.05, 4.69) is 28.5 Å². The summed E-state index contributed by atoms with van der Waals surface area (Å²) < 4.78 is 12.9. The van der Waals surface area contributed by atoms with Crippen LogP contribution in [0.25, 0.3) is 16.8 Å². The first-order valence-corrected chi connectivity index (χ1v) is 11.4. The number of aryl methyl sites for hydroxylation is 1. The number of imidazole rings is 1. The van der Waals surface area contributed by atoms with E-state index in [-0.39, 0.29) is 11.9 Å². The number of carbonyl (C=O) groups is 1. The smallest absolute Gasteiger partial charge is 0.270 e. The third-order valence-electron chi connectivity index (χ3n) is 6.41. The van der Waals surface area contributed by atoms with Crippen molar-refractivity contribution < 1.29 is 14.3 Å². The van der Waals surface area contributed by atoms with Crippen LogP contribution in [0.3, 0.4) is 0 Å². The van der Waals surface area contributed by atoms with Crippen molar-refractivity contribution in [1.82, 2.24) is 14.9 Å². The Balaban J connectivity index is 1.41. The molecular formula is C28H27N3O3. The van der Waals surface area contributed by atoms with Crippen molar-refractivity contribution in [3.05, 3.63) is 96.1 Å². The van der Waals surface area contributed by atoms with Gasteiger partial charge in [0.05, 0.1) is 38.3 Å². The van der Waals surface area contributed by atoms with Gasteiger partial charge in [0.15, 0.2) is 0 Å². The number of hydrogen-bond acceptors (Lipinski definition) is 4. The summed E-state index contributed by atoms with van der Waals surface area (Å²) in [6.45, 7) is 0. The van der Waals surface area contributed by atoms with Gasteiger partial charge >= 0.3 is 0 Å². The third-order valence-corrected chi connectivity index (χ3v) is 6.41. The summed E-state index contributed by atoms with van der Waals surface area (Å²) in [7, 11) is 3.29. The summed E-state index contributed by atoms with van der Waals surface area (Å²) in [6, 6.07) is 22.0. The van der Waals surface area contributed by atoms with Crippen LogP contribution in [0.5, 0.6) is 11.5 Å². The SMILES string of the molecule is COc1cccc(OC)c1-c1ccc(-n2cncc2C(=O)N[C@@H]2CCCc3ccccc32)cc1. The summed E-state index contributed by atoms with van der Waals surface area (Å²) in [5.74, 6) is 1.35. The van der Waals surface area contributed by atoms with Crippen LogP contribution in [0.1, 0.15) is 40.5 Å². The van der Waals surface area contributed by atoms with Gasteiger partial charge in [-0.2, -0.15) is 0 Å². The van der Waals surface area contributed by atoms with Gasteiger partial charge in [-0.1, -0.05) is 42.5 Å². The quantitative estimate of drug-likeness (QED) is 0.427. The third kappa shape index (κ3) is 4.03. The highest BCUT2D eigenvalue weighted by atomic mass is 16.5. The summed E-state index contributed by atoms with van der Waals surface area (Å²) in [5.41, 5.74) is 5.73. The summed E-state index contributed by atoms with van der Waals surface area (Å²) >= 11 is 0. The van der Waals surface area contributed by atoms with Gasteiger partial charge in [0, 0.05) is 5.69 Å². The maximum Gasteiger partial charge on any atom is 0.270 e. The number of aromatic nitrogens is 2. The van der Waals surface area contributed by atoms with E-state index >= 15 is 0 Å². The number of carbonyl (C=O) groups excluding carboxylic acids is 1. The lowest BCUT2D eigenvalue weighted by atomic mass is 9.88. The molecule has 5 rings (SSSR count).